The van der Waals surface area contributed by atoms with Crippen LogP contribution in [0.15, 0.2) is 18.2 Å². The number of carbonyl (C=O) groups excluding carboxylic acids is 1. The number of benzene rings is 1. The van der Waals surface area contributed by atoms with Crippen LogP contribution in [0.2, 0.25) is 0 Å². The molecule has 7 heteroatoms. The third kappa shape index (κ3) is 3.69. The molecule has 0 radical (unpaired) electrons. The maximum absolute atomic E-state index is 11.6. The van der Waals surface area contributed by atoms with Gasteiger partial charge in [0.25, 0.3) is 5.69 Å². The molecule has 0 spiro atoms. The Kier molecular flexibility index (Phi) is 4.13. The van der Waals surface area contributed by atoms with Crippen LogP contribution in [0.1, 0.15) is 25.3 Å². The van der Waals surface area contributed by atoms with Crippen molar-refractivity contribution < 1.29 is 14.5 Å². The summed E-state index contributed by atoms with van der Waals surface area (Å²) in [6.07, 6.45) is 2.03. The molecule has 1 fully saturated rings. The van der Waals surface area contributed by atoms with E-state index >= 15 is 0 Å². The lowest BCUT2D eigenvalue weighted by Crippen LogP contribution is -2.57. The molecule has 0 aliphatic heterocycles. The quantitative estimate of drug-likeness (QED) is 0.581. The summed E-state index contributed by atoms with van der Waals surface area (Å²) in [5.41, 5.74) is 5.16. The zero-order valence-corrected chi connectivity index (χ0v) is 12.1. The first-order chi connectivity index (χ1) is 9.82. The third-order valence-corrected chi connectivity index (χ3v) is 3.54. The standard InChI is InChI=1S/C14H19N3O4/c1-9-3-6-11(17(19)20)7-12(9)21-8-14(2,13(15)18)16-10-4-5-10/h3,6-7,10,16H,4-5,8H2,1-2H3,(H2,15,18). The van der Waals surface area contributed by atoms with Gasteiger partial charge in [0.1, 0.15) is 17.9 Å². The number of hydrogen-bond donors (Lipinski definition) is 2. The van der Waals surface area contributed by atoms with Crippen LogP contribution >= 0.6 is 0 Å². The molecule has 7 nitrogen and oxygen atoms in total. The second kappa shape index (κ2) is 5.69. The predicted octanol–water partition coefficient (Wildman–Crippen LogP) is 1.28. The molecular formula is C14H19N3O4. The molecule has 114 valence electrons. The molecule has 21 heavy (non-hydrogen) atoms. The lowest BCUT2D eigenvalue weighted by molar-refractivity contribution is -0.385. The third-order valence-electron chi connectivity index (χ3n) is 3.54. The van der Waals surface area contributed by atoms with E-state index in [0.717, 1.165) is 18.4 Å². The van der Waals surface area contributed by atoms with Crippen molar-refractivity contribution in [2.45, 2.75) is 38.3 Å². The first kappa shape index (κ1) is 15.2. The average Bonchev–Trinajstić information content (AvgIpc) is 3.21. The van der Waals surface area contributed by atoms with Crippen LogP contribution in [-0.4, -0.2) is 29.0 Å². The zero-order valence-electron chi connectivity index (χ0n) is 12.1. The number of carbonyl (C=O) groups is 1. The van der Waals surface area contributed by atoms with Gasteiger partial charge in [-0.05, 0) is 38.3 Å². The maximum atomic E-state index is 11.6. The smallest absolute Gasteiger partial charge is 0.273 e. The van der Waals surface area contributed by atoms with Crippen molar-refractivity contribution in [1.82, 2.24) is 5.32 Å². The highest BCUT2D eigenvalue weighted by atomic mass is 16.6. The minimum atomic E-state index is -0.988. The van der Waals surface area contributed by atoms with E-state index in [1.807, 2.05) is 0 Å². The van der Waals surface area contributed by atoms with E-state index in [1.165, 1.54) is 12.1 Å². The van der Waals surface area contributed by atoms with E-state index in [-0.39, 0.29) is 18.3 Å². The van der Waals surface area contributed by atoms with Crippen LogP contribution < -0.4 is 15.8 Å². The number of aryl methyl sites for hydroxylation is 1. The van der Waals surface area contributed by atoms with Crippen LogP contribution in [0.25, 0.3) is 0 Å². The van der Waals surface area contributed by atoms with Gasteiger partial charge < -0.3 is 10.5 Å². The summed E-state index contributed by atoms with van der Waals surface area (Å²) in [5, 5.41) is 14.0. The van der Waals surface area contributed by atoms with Gasteiger partial charge in [0.15, 0.2) is 0 Å². The van der Waals surface area contributed by atoms with Gasteiger partial charge in [0.05, 0.1) is 11.0 Å². The summed E-state index contributed by atoms with van der Waals surface area (Å²) in [7, 11) is 0. The van der Waals surface area contributed by atoms with Gasteiger partial charge in [0.2, 0.25) is 5.91 Å². The molecule has 3 N–H and O–H groups in total. The summed E-state index contributed by atoms with van der Waals surface area (Å²) < 4.78 is 5.61. The second-order valence-corrected chi connectivity index (χ2v) is 5.61. The number of primary amides is 1. The number of ether oxygens (including phenoxy) is 1. The Morgan fingerprint density at radius 1 is 1.57 bits per heavy atom. The van der Waals surface area contributed by atoms with Gasteiger partial charge in [0, 0.05) is 12.1 Å². The summed E-state index contributed by atoms with van der Waals surface area (Å²) in [6.45, 7) is 3.50. The van der Waals surface area contributed by atoms with Crippen LogP contribution in [0.3, 0.4) is 0 Å². The number of nitrogens with one attached hydrogen (secondary N) is 1. The normalized spacial score (nSPS) is 17.0. The molecule has 0 aromatic heterocycles. The van der Waals surface area contributed by atoms with Gasteiger partial charge in [-0.3, -0.25) is 20.2 Å². The highest BCUT2D eigenvalue weighted by Gasteiger charge is 2.38. The van der Waals surface area contributed by atoms with Gasteiger partial charge in [-0.1, -0.05) is 0 Å². The van der Waals surface area contributed by atoms with Gasteiger partial charge in [-0.15, -0.1) is 0 Å². The molecule has 1 aliphatic rings. The molecule has 0 heterocycles. The SMILES string of the molecule is Cc1ccc([N+](=O)[O-])cc1OCC(C)(NC1CC1)C(N)=O. The molecule has 1 aromatic carbocycles. The molecule has 1 saturated carbocycles. The summed E-state index contributed by atoms with van der Waals surface area (Å²) in [5.74, 6) is -0.119. The Bertz CT molecular complexity index is 571. The van der Waals surface area contributed by atoms with Crippen molar-refractivity contribution in [3.63, 3.8) is 0 Å². The van der Waals surface area contributed by atoms with Crippen LogP contribution in [0.4, 0.5) is 5.69 Å². The topological polar surface area (TPSA) is 107 Å². The summed E-state index contributed by atoms with van der Waals surface area (Å²) >= 11 is 0. The molecule has 1 amide bonds. The molecule has 1 aromatic rings. The van der Waals surface area contributed by atoms with Crippen molar-refractivity contribution >= 4 is 11.6 Å². The number of nitrogens with zero attached hydrogens (tertiary/aromatic N) is 1. The molecule has 1 atom stereocenters. The fourth-order valence-electron chi connectivity index (χ4n) is 1.94. The average molecular weight is 293 g/mol. The van der Waals surface area contributed by atoms with Crippen LogP contribution in [0, 0.1) is 17.0 Å². The number of nitrogens with two attached hydrogens (primary N) is 1. The first-order valence-corrected chi connectivity index (χ1v) is 6.77. The van der Waals surface area contributed by atoms with Crippen molar-refractivity contribution in [3.8, 4) is 5.75 Å². The highest BCUT2D eigenvalue weighted by molar-refractivity contribution is 5.84. The van der Waals surface area contributed by atoms with E-state index in [1.54, 1.807) is 19.9 Å². The molecule has 0 bridgehead atoms. The van der Waals surface area contributed by atoms with Crippen molar-refractivity contribution in [3.05, 3.63) is 33.9 Å². The maximum Gasteiger partial charge on any atom is 0.273 e. The number of hydrogen-bond acceptors (Lipinski definition) is 5. The monoisotopic (exact) mass is 293 g/mol. The van der Waals surface area contributed by atoms with Gasteiger partial charge in [-0.25, -0.2) is 0 Å². The second-order valence-electron chi connectivity index (χ2n) is 5.61. The Balaban J connectivity index is 2.11. The first-order valence-electron chi connectivity index (χ1n) is 6.77. The lowest BCUT2D eigenvalue weighted by Gasteiger charge is -2.27. The number of nitro benzene ring substituents is 1. The lowest BCUT2D eigenvalue weighted by atomic mass is 10.0. The Labute approximate surface area is 122 Å². The number of amides is 1. The molecular weight excluding hydrogens is 274 g/mol. The van der Waals surface area contributed by atoms with Crippen LogP contribution in [0.5, 0.6) is 5.75 Å². The highest BCUT2D eigenvalue weighted by Crippen LogP contribution is 2.26. The van der Waals surface area contributed by atoms with E-state index in [4.69, 9.17) is 10.5 Å². The Morgan fingerprint density at radius 3 is 2.76 bits per heavy atom. The molecule has 1 unspecified atom stereocenters. The van der Waals surface area contributed by atoms with Gasteiger partial charge >= 0.3 is 0 Å². The fraction of sp³-hybridized carbons (Fsp3) is 0.500. The fourth-order valence-corrected chi connectivity index (χ4v) is 1.94. The Hall–Kier alpha value is -2.15. The number of rotatable bonds is 7. The molecule has 0 saturated heterocycles. The number of non-ortho nitro benzene ring substituents is 1. The van der Waals surface area contributed by atoms with Crippen molar-refractivity contribution in [1.29, 1.82) is 0 Å². The van der Waals surface area contributed by atoms with Crippen molar-refractivity contribution in [2.75, 3.05) is 6.61 Å². The van der Waals surface area contributed by atoms with Gasteiger partial charge in [-0.2, -0.15) is 0 Å². The Morgan fingerprint density at radius 2 is 2.24 bits per heavy atom. The molecule has 2 rings (SSSR count). The van der Waals surface area contributed by atoms with E-state index in [9.17, 15) is 14.9 Å². The largest absolute Gasteiger partial charge is 0.491 e. The van der Waals surface area contributed by atoms with Crippen LogP contribution in [-0.2, 0) is 4.79 Å². The minimum absolute atomic E-state index is 0.0286. The number of nitro groups is 1. The predicted molar refractivity (Wildman–Crippen MR) is 77.1 cm³/mol. The van der Waals surface area contributed by atoms with E-state index < -0.39 is 16.4 Å². The summed E-state index contributed by atoms with van der Waals surface area (Å²) in [4.78, 5) is 21.9. The summed E-state index contributed by atoms with van der Waals surface area (Å²) in [6, 6.07) is 4.67. The zero-order chi connectivity index (χ0) is 15.6. The van der Waals surface area contributed by atoms with Crippen molar-refractivity contribution in [2.24, 2.45) is 5.73 Å². The molecule has 1 aliphatic carbocycles. The minimum Gasteiger partial charge on any atom is -0.491 e. The van der Waals surface area contributed by atoms with E-state index in [2.05, 4.69) is 5.32 Å². The van der Waals surface area contributed by atoms with E-state index in [0.29, 0.717) is 5.75 Å².